The van der Waals surface area contributed by atoms with Crippen LogP contribution in [0.2, 0.25) is 0 Å². The highest BCUT2D eigenvalue weighted by Gasteiger charge is 2.12. The van der Waals surface area contributed by atoms with Gasteiger partial charge in [-0.3, -0.25) is 9.59 Å². The summed E-state index contributed by atoms with van der Waals surface area (Å²) in [4.78, 5) is 23.6. The number of esters is 2. The van der Waals surface area contributed by atoms with Crippen molar-refractivity contribution in [3.63, 3.8) is 0 Å². The smallest absolute Gasteiger partial charge is 0.306 e. The van der Waals surface area contributed by atoms with Crippen LogP contribution in [0.5, 0.6) is 0 Å². The highest BCUT2D eigenvalue weighted by molar-refractivity contribution is 5.77. The van der Waals surface area contributed by atoms with Crippen molar-refractivity contribution in [2.24, 2.45) is 5.92 Å². The van der Waals surface area contributed by atoms with Gasteiger partial charge >= 0.3 is 11.9 Å². The van der Waals surface area contributed by atoms with E-state index < -0.39 is 0 Å². The van der Waals surface area contributed by atoms with Crippen molar-refractivity contribution < 1.29 is 19.1 Å². The topological polar surface area (TPSA) is 52.6 Å². The quantitative estimate of drug-likeness (QED) is 0.119. The van der Waals surface area contributed by atoms with Crippen LogP contribution < -0.4 is 0 Å². The largest absolute Gasteiger partial charge is 0.466 e. The Balaban J connectivity index is 3.43. The Kier molecular flexibility index (Phi) is 22.8. The Morgan fingerprint density at radius 1 is 0.548 bits per heavy atom. The van der Waals surface area contributed by atoms with Gasteiger partial charge in [0, 0.05) is 0 Å². The molecule has 0 saturated heterocycles. The number of ether oxygens (including phenoxy) is 2. The van der Waals surface area contributed by atoms with Crippen LogP contribution >= 0.6 is 0 Å². The molecule has 0 aliphatic rings. The van der Waals surface area contributed by atoms with Crippen molar-refractivity contribution in [3.05, 3.63) is 0 Å². The molecule has 0 aliphatic heterocycles. The zero-order chi connectivity index (χ0) is 23.0. The van der Waals surface area contributed by atoms with Crippen molar-refractivity contribution in [3.8, 4) is 0 Å². The number of carbonyl (C=O) groups excluding carboxylic acids is 2. The molecule has 31 heavy (non-hydrogen) atoms. The second-order valence-corrected chi connectivity index (χ2v) is 9.09. The predicted molar refractivity (Wildman–Crippen MR) is 130 cm³/mol. The molecule has 0 spiro atoms. The van der Waals surface area contributed by atoms with Gasteiger partial charge < -0.3 is 9.47 Å². The van der Waals surface area contributed by atoms with Gasteiger partial charge in [0.1, 0.15) is 0 Å². The molecule has 0 aromatic rings. The van der Waals surface area contributed by atoms with Crippen LogP contribution in [-0.2, 0) is 19.1 Å². The van der Waals surface area contributed by atoms with Crippen molar-refractivity contribution in [2.45, 2.75) is 143 Å². The second-order valence-electron chi connectivity index (χ2n) is 9.09. The molecule has 0 bridgehead atoms. The van der Waals surface area contributed by atoms with Gasteiger partial charge in [-0.15, -0.1) is 0 Å². The Morgan fingerprint density at radius 3 is 1.42 bits per heavy atom. The van der Waals surface area contributed by atoms with Crippen LogP contribution in [0.1, 0.15) is 143 Å². The first-order chi connectivity index (χ1) is 15.1. The van der Waals surface area contributed by atoms with E-state index in [4.69, 9.17) is 9.47 Å². The van der Waals surface area contributed by atoms with E-state index in [2.05, 4.69) is 20.8 Å². The minimum Gasteiger partial charge on any atom is -0.466 e. The molecule has 0 unspecified atom stereocenters. The van der Waals surface area contributed by atoms with Crippen molar-refractivity contribution in [1.29, 1.82) is 0 Å². The van der Waals surface area contributed by atoms with Gasteiger partial charge in [-0.1, -0.05) is 111 Å². The maximum Gasteiger partial charge on any atom is 0.306 e. The van der Waals surface area contributed by atoms with Crippen molar-refractivity contribution >= 4 is 11.9 Å². The van der Waals surface area contributed by atoms with Crippen molar-refractivity contribution in [2.75, 3.05) is 13.2 Å². The maximum absolute atomic E-state index is 11.8. The number of hydrogen-bond donors (Lipinski definition) is 0. The molecular weight excluding hydrogens is 388 g/mol. The van der Waals surface area contributed by atoms with Crippen molar-refractivity contribution in [1.82, 2.24) is 0 Å². The van der Waals surface area contributed by atoms with Crippen LogP contribution in [0.15, 0.2) is 0 Å². The molecule has 4 heteroatoms. The Morgan fingerprint density at radius 2 is 0.968 bits per heavy atom. The van der Waals surface area contributed by atoms with E-state index in [0.717, 1.165) is 38.5 Å². The van der Waals surface area contributed by atoms with Gasteiger partial charge in [-0.2, -0.15) is 0 Å². The fraction of sp³-hybridized carbons (Fsp3) is 0.926. The van der Waals surface area contributed by atoms with E-state index in [-0.39, 0.29) is 24.8 Å². The monoisotopic (exact) mass is 440 g/mol. The molecule has 0 aromatic carbocycles. The molecule has 0 aromatic heterocycles. The first-order valence-corrected chi connectivity index (χ1v) is 13.4. The summed E-state index contributed by atoms with van der Waals surface area (Å²) in [5, 5.41) is 0. The van der Waals surface area contributed by atoms with Crippen LogP contribution in [0.4, 0.5) is 0 Å². The SMILES string of the molecule is CCCCCCCCCCCCCCCOC(=O)CCC(=O)OCC(CCC)CCC. The average molecular weight is 441 g/mol. The number of carbonyl (C=O) groups is 2. The van der Waals surface area contributed by atoms with Gasteiger partial charge in [0.05, 0.1) is 26.1 Å². The molecular formula is C27H52O4. The fourth-order valence-electron chi connectivity index (χ4n) is 3.99. The summed E-state index contributed by atoms with van der Waals surface area (Å²) in [5.74, 6) is -0.119. The van der Waals surface area contributed by atoms with E-state index in [0.29, 0.717) is 19.1 Å². The van der Waals surface area contributed by atoms with Crippen LogP contribution in [-0.4, -0.2) is 25.2 Å². The Bertz CT molecular complexity index is 402. The number of unbranched alkanes of at least 4 members (excludes halogenated alkanes) is 12. The molecule has 0 aliphatic carbocycles. The first kappa shape index (κ1) is 29.9. The Hall–Kier alpha value is -1.06. The van der Waals surface area contributed by atoms with Gasteiger partial charge in [0.15, 0.2) is 0 Å². The minimum absolute atomic E-state index is 0.127. The standard InChI is InChI=1S/C27H52O4/c1-4-7-8-9-10-11-12-13-14-15-16-17-18-23-30-26(28)21-22-27(29)31-24-25(19-5-2)20-6-3/h25H,4-24H2,1-3H3. The second kappa shape index (κ2) is 23.6. The van der Waals surface area contributed by atoms with Gasteiger partial charge in [-0.25, -0.2) is 0 Å². The summed E-state index contributed by atoms with van der Waals surface area (Å²) in [7, 11) is 0. The normalized spacial score (nSPS) is 11.1. The molecule has 184 valence electrons. The molecule has 0 rings (SSSR count). The minimum atomic E-state index is -0.283. The summed E-state index contributed by atoms with van der Waals surface area (Å²) >= 11 is 0. The molecule has 0 fully saturated rings. The van der Waals surface area contributed by atoms with E-state index in [1.165, 1.54) is 70.6 Å². The van der Waals surface area contributed by atoms with E-state index >= 15 is 0 Å². The summed E-state index contributed by atoms with van der Waals surface area (Å²) < 4.78 is 10.6. The predicted octanol–water partition coefficient (Wildman–Crippen LogP) is 8.16. The third-order valence-corrected chi connectivity index (χ3v) is 5.92. The van der Waals surface area contributed by atoms with E-state index in [9.17, 15) is 9.59 Å². The molecule has 0 heterocycles. The highest BCUT2D eigenvalue weighted by atomic mass is 16.5. The van der Waals surface area contributed by atoms with E-state index in [1.54, 1.807) is 0 Å². The average Bonchev–Trinajstić information content (AvgIpc) is 2.76. The lowest BCUT2D eigenvalue weighted by atomic mass is 9.99. The third-order valence-electron chi connectivity index (χ3n) is 5.92. The van der Waals surface area contributed by atoms with E-state index in [1.807, 2.05) is 0 Å². The molecule has 0 N–H and O–H groups in total. The summed E-state index contributed by atoms with van der Waals surface area (Å²) in [6, 6.07) is 0. The van der Waals surface area contributed by atoms with Crippen LogP contribution in [0.25, 0.3) is 0 Å². The lowest BCUT2D eigenvalue weighted by molar-refractivity contribution is -0.151. The van der Waals surface area contributed by atoms with Gasteiger partial charge in [0.25, 0.3) is 0 Å². The Labute approximate surface area is 193 Å². The first-order valence-electron chi connectivity index (χ1n) is 13.4. The molecule has 4 nitrogen and oxygen atoms in total. The number of hydrogen-bond acceptors (Lipinski definition) is 4. The zero-order valence-electron chi connectivity index (χ0n) is 21.1. The van der Waals surface area contributed by atoms with Gasteiger partial charge in [0.2, 0.25) is 0 Å². The zero-order valence-corrected chi connectivity index (χ0v) is 21.1. The lowest BCUT2D eigenvalue weighted by Crippen LogP contribution is -2.16. The summed E-state index contributed by atoms with van der Waals surface area (Å²) in [5.41, 5.74) is 0. The number of rotatable bonds is 23. The fourth-order valence-corrected chi connectivity index (χ4v) is 3.99. The highest BCUT2D eigenvalue weighted by Crippen LogP contribution is 2.15. The van der Waals surface area contributed by atoms with Crippen LogP contribution in [0.3, 0.4) is 0 Å². The molecule has 0 radical (unpaired) electrons. The maximum atomic E-state index is 11.8. The van der Waals surface area contributed by atoms with Crippen LogP contribution in [0, 0.1) is 5.92 Å². The van der Waals surface area contributed by atoms with Gasteiger partial charge in [-0.05, 0) is 25.2 Å². The summed E-state index contributed by atoms with van der Waals surface area (Å²) in [6.45, 7) is 7.52. The molecule has 0 saturated carbocycles. The molecule has 0 atom stereocenters. The molecule has 0 amide bonds. The lowest BCUT2D eigenvalue weighted by Gasteiger charge is -2.15. The third kappa shape index (κ3) is 21.9. The summed E-state index contributed by atoms with van der Waals surface area (Å²) in [6.07, 6.45) is 21.6.